The lowest BCUT2D eigenvalue weighted by Gasteiger charge is -2.09. The van der Waals surface area contributed by atoms with Gasteiger partial charge in [-0.3, -0.25) is 10.1 Å². The smallest absolute Gasteiger partial charge is 0.232 e. The average Bonchev–Trinajstić information content (AvgIpc) is 3.27. The third-order valence-electron chi connectivity index (χ3n) is 3.91. The summed E-state index contributed by atoms with van der Waals surface area (Å²) in [6.07, 6.45) is 3.30. The molecular weight excluding hydrogens is 525 g/mol. The fourth-order valence-electron chi connectivity index (χ4n) is 2.72. The van der Waals surface area contributed by atoms with E-state index < -0.39 is 0 Å². The highest BCUT2D eigenvalue weighted by Crippen LogP contribution is 2.29. The number of carbonyl (C=O) groups excluding carboxylic acids is 1. The Morgan fingerprint density at radius 1 is 1.30 bits per heavy atom. The van der Waals surface area contributed by atoms with Crippen LogP contribution in [0, 0.1) is 3.57 Å². The standard InChI is InChI=1S/C18H13BrIN5O2/c1-10(26)22-18-23-16(15-6-3-7-27-15)11-8-21-25(17(11)24-18)9-12-13(19)4-2-5-14(12)20/h2-8H,9H2,1H3,(H,22,23,24,26). The highest BCUT2D eigenvalue weighted by Gasteiger charge is 2.18. The predicted molar refractivity (Wildman–Crippen MR) is 113 cm³/mol. The van der Waals surface area contributed by atoms with Crippen molar-refractivity contribution in [3.8, 4) is 11.5 Å². The zero-order chi connectivity index (χ0) is 19.0. The molecule has 0 saturated heterocycles. The summed E-state index contributed by atoms with van der Waals surface area (Å²) in [5, 5.41) is 7.90. The summed E-state index contributed by atoms with van der Waals surface area (Å²) in [5.41, 5.74) is 2.30. The first-order valence-corrected chi connectivity index (χ1v) is 9.88. The van der Waals surface area contributed by atoms with Crippen LogP contribution in [0.4, 0.5) is 5.95 Å². The maximum Gasteiger partial charge on any atom is 0.232 e. The number of halogens is 2. The molecule has 27 heavy (non-hydrogen) atoms. The molecule has 4 aromatic rings. The maximum atomic E-state index is 11.5. The van der Waals surface area contributed by atoms with Crippen molar-refractivity contribution in [2.24, 2.45) is 0 Å². The molecule has 136 valence electrons. The molecule has 3 heterocycles. The molecule has 4 rings (SSSR count). The summed E-state index contributed by atoms with van der Waals surface area (Å²) < 4.78 is 9.41. The van der Waals surface area contributed by atoms with Crippen LogP contribution in [0.25, 0.3) is 22.5 Å². The van der Waals surface area contributed by atoms with Crippen LogP contribution in [0.1, 0.15) is 12.5 Å². The number of rotatable bonds is 4. The number of nitrogens with one attached hydrogen (secondary N) is 1. The average molecular weight is 538 g/mol. The second-order valence-electron chi connectivity index (χ2n) is 5.79. The highest BCUT2D eigenvalue weighted by molar-refractivity contribution is 14.1. The molecule has 0 bridgehead atoms. The van der Waals surface area contributed by atoms with Crippen molar-refractivity contribution in [1.29, 1.82) is 0 Å². The zero-order valence-electron chi connectivity index (χ0n) is 14.1. The van der Waals surface area contributed by atoms with Gasteiger partial charge in [-0.15, -0.1) is 0 Å². The van der Waals surface area contributed by atoms with Gasteiger partial charge in [0.05, 0.1) is 24.4 Å². The molecule has 1 N–H and O–H groups in total. The second-order valence-corrected chi connectivity index (χ2v) is 7.81. The number of amides is 1. The predicted octanol–water partition coefficient (Wildman–Crippen LogP) is 4.46. The van der Waals surface area contributed by atoms with Gasteiger partial charge >= 0.3 is 0 Å². The first kappa shape index (κ1) is 18.1. The van der Waals surface area contributed by atoms with Crippen molar-refractivity contribution >= 4 is 61.4 Å². The summed E-state index contributed by atoms with van der Waals surface area (Å²) in [5.74, 6) is 0.556. The van der Waals surface area contributed by atoms with E-state index in [9.17, 15) is 4.79 Å². The molecule has 0 atom stereocenters. The molecular formula is C18H13BrIN5O2. The van der Waals surface area contributed by atoms with Gasteiger partial charge in [0.1, 0.15) is 5.69 Å². The minimum Gasteiger partial charge on any atom is -0.463 e. The number of furan rings is 1. The third-order valence-corrected chi connectivity index (χ3v) is 5.66. The van der Waals surface area contributed by atoms with Crippen molar-refractivity contribution in [3.05, 3.63) is 56.4 Å². The van der Waals surface area contributed by atoms with Gasteiger partial charge in [0, 0.05) is 20.5 Å². The first-order valence-electron chi connectivity index (χ1n) is 8.01. The molecule has 7 nitrogen and oxygen atoms in total. The van der Waals surface area contributed by atoms with Crippen LogP contribution in [0.5, 0.6) is 0 Å². The van der Waals surface area contributed by atoms with Crippen molar-refractivity contribution < 1.29 is 9.21 Å². The summed E-state index contributed by atoms with van der Waals surface area (Å²) in [6.45, 7) is 1.94. The normalized spacial score (nSPS) is 11.1. The van der Waals surface area contributed by atoms with E-state index in [1.165, 1.54) is 6.92 Å². The van der Waals surface area contributed by atoms with Crippen LogP contribution >= 0.6 is 38.5 Å². The van der Waals surface area contributed by atoms with Crippen molar-refractivity contribution in [2.45, 2.75) is 13.5 Å². The Morgan fingerprint density at radius 2 is 2.15 bits per heavy atom. The number of nitrogens with zero attached hydrogens (tertiary/aromatic N) is 4. The van der Waals surface area contributed by atoms with E-state index in [2.05, 4.69) is 58.9 Å². The molecule has 3 aromatic heterocycles. The minimum absolute atomic E-state index is 0.213. The van der Waals surface area contributed by atoms with Crippen molar-refractivity contribution in [2.75, 3.05) is 5.32 Å². The molecule has 9 heteroatoms. The van der Waals surface area contributed by atoms with E-state index in [0.29, 0.717) is 23.6 Å². The number of hydrogen-bond donors (Lipinski definition) is 1. The Morgan fingerprint density at radius 3 is 2.85 bits per heavy atom. The monoisotopic (exact) mass is 537 g/mol. The first-order chi connectivity index (χ1) is 13.0. The van der Waals surface area contributed by atoms with Gasteiger partial charge in [0.15, 0.2) is 11.4 Å². The Hall–Kier alpha value is -2.27. The van der Waals surface area contributed by atoms with Gasteiger partial charge in [-0.25, -0.2) is 9.67 Å². The quantitative estimate of drug-likeness (QED) is 0.388. The number of benzene rings is 1. The Labute approximate surface area is 176 Å². The molecule has 0 spiro atoms. The van der Waals surface area contributed by atoms with Gasteiger partial charge in [0.25, 0.3) is 0 Å². The van der Waals surface area contributed by atoms with Gasteiger partial charge in [-0.2, -0.15) is 10.1 Å². The van der Waals surface area contributed by atoms with Crippen molar-refractivity contribution in [1.82, 2.24) is 19.7 Å². The molecule has 0 saturated carbocycles. The lowest BCUT2D eigenvalue weighted by atomic mass is 10.2. The van der Waals surface area contributed by atoms with Crippen LogP contribution in [0.2, 0.25) is 0 Å². The van der Waals surface area contributed by atoms with Crippen molar-refractivity contribution in [3.63, 3.8) is 0 Å². The van der Waals surface area contributed by atoms with Gasteiger partial charge in [-0.1, -0.05) is 22.0 Å². The number of fused-ring (bicyclic) bond motifs is 1. The SMILES string of the molecule is CC(=O)Nc1nc(-c2ccco2)c2cnn(Cc3c(Br)cccc3I)c2n1. The van der Waals surface area contributed by atoms with Gasteiger partial charge in [-0.05, 0) is 46.9 Å². The van der Waals surface area contributed by atoms with Gasteiger partial charge < -0.3 is 4.42 Å². The van der Waals surface area contributed by atoms with Crippen LogP contribution in [0.15, 0.2) is 51.7 Å². The van der Waals surface area contributed by atoms with E-state index in [-0.39, 0.29) is 11.9 Å². The fraction of sp³-hybridized carbons (Fsp3) is 0.111. The largest absolute Gasteiger partial charge is 0.463 e. The minimum atomic E-state index is -0.244. The number of aromatic nitrogens is 4. The molecule has 0 radical (unpaired) electrons. The Kier molecular flexibility index (Phi) is 4.96. The Bertz CT molecular complexity index is 1120. The molecule has 0 fully saturated rings. The summed E-state index contributed by atoms with van der Waals surface area (Å²) in [7, 11) is 0. The lowest BCUT2D eigenvalue weighted by Crippen LogP contribution is -2.11. The van der Waals surface area contributed by atoms with Crippen LogP contribution < -0.4 is 5.32 Å². The molecule has 0 unspecified atom stereocenters. The summed E-state index contributed by atoms with van der Waals surface area (Å²) in [4.78, 5) is 20.4. The molecule has 1 aromatic carbocycles. The summed E-state index contributed by atoms with van der Waals surface area (Å²) in [6, 6.07) is 9.62. The third kappa shape index (κ3) is 3.61. The Balaban J connectivity index is 1.88. The fourth-order valence-corrected chi connectivity index (χ4v) is 4.25. The number of anilines is 1. The lowest BCUT2D eigenvalue weighted by molar-refractivity contribution is -0.114. The van der Waals surface area contributed by atoms with Crippen LogP contribution in [0.3, 0.4) is 0 Å². The van der Waals surface area contributed by atoms with E-state index in [4.69, 9.17) is 4.42 Å². The van der Waals surface area contributed by atoms with E-state index >= 15 is 0 Å². The second kappa shape index (κ2) is 7.39. The topological polar surface area (TPSA) is 85.8 Å². The number of carbonyl (C=O) groups is 1. The highest BCUT2D eigenvalue weighted by atomic mass is 127. The summed E-state index contributed by atoms with van der Waals surface area (Å²) >= 11 is 5.90. The molecule has 1 amide bonds. The zero-order valence-corrected chi connectivity index (χ0v) is 17.9. The molecule has 0 aliphatic rings. The van der Waals surface area contributed by atoms with E-state index in [1.54, 1.807) is 23.2 Å². The molecule has 0 aliphatic heterocycles. The van der Waals surface area contributed by atoms with Crippen LogP contribution in [-0.2, 0) is 11.3 Å². The number of hydrogen-bond acceptors (Lipinski definition) is 5. The molecule has 0 aliphatic carbocycles. The van der Waals surface area contributed by atoms with Gasteiger partial charge in [0.2, 0.25) is 11.9 Å². The maximum absolute atomic E-state index is 11.5. The van der Waals surface area contributed by atoms with Crippen LogP contribution in [-0.4, -0.2) is 25.7 Å². The van der Waals surface area contributed by atoms with E-state index in [0.717, 1.165) is 19.0 Å². The van der Waals surface area contributed by atoms with E-state index in [1.807, 2.05) is 24.3 Å².